The SMILES string of the molecule is C=CC(=O)N1CCN(c2nc(OC[C@H]3CCCN3C)nc3c2CCN(c2ccc(F)c4ccccc24)C3)C[C@@H]1CC#N. The van der Waals surface area contributed by atoms with Crippen molar-refractivity contribution < 1.29 is 13.9 Å². The van der Waals surface area contributed by atoms with Gasteiger partial charge in [0, 0.05) is 54.2 Å². The van der Waals surface area contributed by atoms with Gasteiger partial charge in [-0.05, 0) is 51.1 Å². The van der Waals surface area contributed by atoms with E-state index in [1.165, 1.54) is 12.1 Å². The van der Waals surface area contributed by atoms with Crippen LogP contribution in [0.1, 0.15) is 30.5 Å². The Bertz CT molecular complexity index is 1540. The quantitative estimate of drug-likeness (QED) is 0.396. The van der Waals surface area contributed by atoms with Crippen LogP contribution in [0.3, 0.4) is 0 Å². The van der Waals surface area contributed by atoms with E-state index in [0.717, 1.165) is 54.1 Å². The summed E-state index contributed by atoms with van der Waals surface area (Å²) in [5.74, 6) is 0.420. The second-order valence-corrected chi connectivity index (χ2v) is 11.3. The molecule has 6 rings (SSSR count). The predicted octanol–water partition coefficient (Wildman–Crippen LogP) is 3.92. The van der Waals surface area contributed by atoms with Gasteiger partial charge in [0.2, 0.25) is 5.91 Å². The second kappa shape index (κ2) is 11.9. The molecule has 1 aromatic heterocycles. The Labute approximate surface area is 245 Å². The van der Waals surface area contributed by atoms with Crippen molar-refractivity contribution in [1.82, 2.24) is 19.8 Å². The molecule has 0 spiro atoms. The van der Waals surface area contributed by atoms with Crippen LogP contribution in [0, 0.1) is 17.1 Å². The summed E-state index contributed by atoms with van der Waals surface area (Å²) in [5.41, 5.74) is 2.91. The third kappa shape index (κ3) is 5.37. The standard InChI is InChI=1S/C32H36FN7O2/c1-3-30(41)40-18-17-39(19-22(40)12-14-34)31-26-13-16-38(29-11-10-27(33)24-8-4-5-9-25(24)29)20-28(26)35-32(36-31)42-21-23-7-6-15-37(23)2/h3-5,8-11,22-23H,1,6-7,12-13,15-21H2,2H3/t22-,23+/m0/s1. The number of carbonyl (C=O) groups is 1. The number of ether oxygens (including phenoxy) is 1. The maximum Gasteiger partial charge on any atom is 0.318 e. The van der Waals surface area contributed by atoms with Crippen LogP contribution in [0.4, 0.5) is 15.9 Å². The summed E-state index contributed by atoms with van der Waals surface area (Å²) in [6.07, 6.45) is 4.47. The van der Waals surface area contributed by atoms with Gasteiger partial charge in [-0.15, -0.1) is 0 Å². The molecule has 3 aliphatic rings. The molecule has 2 aromatic carbocycles. The lowest BCUT2D eigenvalue weighted by Crippen LogP contribution is -2.55. The van der Waals surface area contributed by atoms with Crippen molar-refractivity contribution in [3.63, 3.8) is 0 Å². The molecule has 218 valence electrons. The number of hydrogen-bond acceptors (Lipinski definition) is 8. The van der Waals surface area contributed by atoms with E-state index in [-0.39, 0.29) is 24.2 Å². The lowest BCUT2D eigenvalue weighted by Gasteiger charge is -2.42. The van der Waals surface area contributed by atoms with Gasteiger partial charge >= 0.3 is 6.01 Å². The van der Waals surface area contributed by atoms with Crippen molar-refractivity contribution in [2.24, 2.45) is 0 Å². The third-order valence-electron chi connectivity index (χ3n) is 8.85. The summed E-state index contributed by atoms with van der Waals surface area (Å²) in [4.78, 5) is 30.8. The minimum atomic E-state index is -0.262. The number of amides is 1. The number of likely N-dealkylation sites (tertiary alicyclic amines) is 1. The molecular weight excluding hydrogens is 533 g/mol. The molecule has 10 heteroatoms. The highest BCUT2D eigenvalue weighted by Crippen LogP contribution is 2.35. The molecule has 0 radical (unpaired) electrons. The van der Waals surface area contributed by atoms with Crippen LogP contribution in [-0.2, 0) is 17.8 Å². The number of halogens is 1. The molecule has 0 saturated carbocycles. The average Bonchev–Trinajstić information content (AvgIpc) is 3.43. The summed E-state index contributed by atoms with van der Waals surface area (Å²) in [6, 6.07) is 13.6. The molecule has 42 heavy (non-hydrogen) atoms. The van der Waals surface area contributed by atoms with Crippen molar-refractivity contribution in [1.29, 1.82) is 5.26 Å². The lowest BCUT2D eigenvalue weighted by molar-refractivity contribution is -0.128. The molecule has 1 amide bonds. The minimum absolute atomic E-state index is 0.161. The zero-order valence-corrected chi connectivity index (χ0v) is 24.0. The van der Waals surface area contributed by atoms with Crippen LogP contribution in [0.2, 0.25) is 0 Å². The van der Waals surface area contributed by atoms with Gasteiger partial charge in [-0.3, -0.25) is 4.79 Å². The molecule has 3 aliphatic heterocycles. The predicted molar refractivity (Wildman–Crippen MR) is 160 cm³/mol. The first-order chi connectivity index (χ1) is 20.5. The van der Waals surface area contributed by atoms with Gasteiger partial charge < -0.3 is 24.3 Å². The Morgan fingerprint density at radius 3 is 2.71 bits per heavy atom. The van der Waals surface area contributed by atoms with E-state index in [1.54, 1.807) is 4.90 Å². The molecule has 0 bridgehead atoms. The van der Waals surface area contributed by atoms with Crippen molar-refractivity contribution >= 4 is 28.2 Å². The van der Waals surface area contributed by atoms with Gasteiger partial charge in [0.1, 0.15) is 18.2 Å². The highest BCUT2D eigenvalue weighted by molar-refractivity contribution is 5.94. The summed E-state index contributed by atoms with van der Waals surface area (Å²) in [6.45, 7) is 8.03. The number of carbonyl (C=O) groups excluding carboxylic acids is 1. The maximum atomic E-state index is 14.6. The molecule has 2 saturated heterocycles. The summed E-state index contributed by atoms with van der Waals surface area (Å²) in [5, 5.41) is 11.0. The van der Waals surface area contributed by atoms with Crippen molar-refractivity contribution in [2.45, 2.75) is 44.3 Å². The third-order valence-corrected chi connectivity index (χ3v) is 8.85. The zero-order valence-electron chi connectivity index (χ0n) is 24.0. The number of nitriles is 1. The number of fused-ring (bicyclic) bond motifs is 2. The Morgan fingerprint density at radius 2 is 1.95 bits per heavy atom. The number of hydrogen-bond donors (Lipinski definition) is 0. The van der Waals surface area contributed by atoms with Crippen molar-refractivity contribution in [3.8, 4) is 12.1 Å². The Kier molecular flexibility index (Phi) is 7.94. The van der Waals surface area contributed by atoms with Gasteiger partial charge in [0.15, 0.2) is 0 Å². The fourth-order valence-electron chi connectivity index (χ4n) is 6.54. The molecule has 2 atom stereocenters. The maximum absolute atomic E-state index is 14.6. The molecule has 4 heterocycles. The van der Waals surface area contributed by atoms with Gasteiger partial charge in [-0.2, -0.15) is 15.2 Å². The molecule has 9 nitrogen and oxygen atoms in total. The molecular formula is C32H36FN7O2. The van der Waals surface area contributed by atoms with E-state index in [9.17, 15) is 14.4 Å². The van der Waals surface area contributed by atoms with Gasteiger partial charge in [0.25, 0.3) is 0 Å². The Hall–Kier alpha value is -4.23. The van der Waals surface area contributed by atoms with E-state index < -0.39 is 0 Å². The number of anilines is 2. The lowest BCUT2D eigenvalue weighted by atomic mass is 10.0. The number of likely N-dealkylation sites (N-methyl/N-ethyl adjacent to an activating group) is 1. The average molecular weight is 570 g/mol. The fraction of sp³-hybridized carbons (Fsp3) is 0.438. The van der Waals surface area contributed by atoms with Crippen LogP contribution < -0.4 is 14.5 Å². The van der Waals surface area contributed by atoms with E-state index >= 15 is 0 Å². The number of aromatic nitrogens is 2. The van der Waals surface area contributed by atoms with Gasteiger partial charge in [0.05, 0.1) is 30.8 Å². The van der Waals surface area contributed by atoms with E-state index in [4.69, 9.17) is 14.7 Å². The summed E-state index contributed by atoms with van der Waals surface area (Å²) in [7, 11) is 2.12. The summed E-state index contributed by atoms with van der Waals surface area (Å²) >= 11 is 0. The first-order valence-corrected chi connectivity index (χ1v) is 14.7. The van der Waals surface area contributed by atoms with Crippen LogP contribution in [-0.4, -0.2) is 84.1 Å². The van der Waals surface area contributed by atoms with Crippen LogP contribution in [0.5, 0.6) is 6.01 Å². The minimum Gasteiger partial charge on any atom is -0.462 e. The van der Waals surface area contributed by atoms with Crippen LogP contribution in [0.25, 0.3) is 10.8 Å². The molecule has 3 aromatic rings. The zero-order chi connectivity index (χ0) is 29.2. The van der Waals surface area contributed by atoms with Crippen molar-refractivity contribution in [2.75, 3.05) is 56.2 Å². The monoisotopic (exact) mass is 569 g/mol. The van der Waals surface area contributed by atoms with E-state index in [1.807, 2.05) is 30.3 Å². The summed E-state index contributed by atoms with van der Waals surface area (Å²) < 4.78 is 20.8. The van der Waals surface area contributed by atoms with Crippen LogP contribution in [0.15, 0.2) is 49.1 Å². The molecule has 0 N–H and O–H groups in total. The van der Waals surface area contributed by atoms with E-state index in [0.29, 0.717) is 56.6 Å². The molecule has 0 aliphatic carbocycles. The van der Waals surface area contributed by atoms with Gasteiger partial charge in [-0.1, -0.05) is 30.8 Å². The Morgan fingerprint density at radius 1 is 1.12 bits per heavy atom. The van der Waals surface area contributed by atoms with E-state index in [2.05, 4.69) is 34.4 Å². The number of piperazine rings is 1. The highest BCUT2D eigenvalue weighted by atomic mass is 19.1. The Balaban J connectivity index is 1.33. The highest BCUT2D eigenvalue weighted by Gasteiger charge is 2.33. The molecule has 2 fully saturated rings. The van der Waals surface area contributed by atoms with Crippen LogP contribution >= 0.6 is 0 Å². The normalized spacial score (nSPS) is 20.8. The number of benzene rings is 2. The smallest absolute Gasteiger partial charge is 0.318 e. The fourth-order valence-corrected chi connectivity index (χ4v) is 6.54. The molecule has 0 unspecified atom stereocenters. The first-order valence-electron chi connectivity index (χ1n) is 14.7. The van der Waals surface area contributed by atoms with Crippen molar-refractivity contribution in [3.05, 3.63) is 66.1 Å². The van der Waals surface area contributed by atoms with Gasteiger partial charge in [-0.25, -0.2) is 4.39 Å². The first kappa shape index (κ1) is 27.9. The largest absolute Gasteiger partial charge is 0.462 e. The second-order valence-electron chi connectivity index (χ2n) is 11.3. The number of rotatable bonds is 7. The topological polar surface area (TPSA) is 88.8 Å². The number of nitrogens with zero attached hydrogens (tertiary/aromatic N) is 7.